The summed E-state index contributed by atoms with van der Waals surface area (Å²) in [7, 11) is 0. The zero-order valence-corrected chi connectivity index (χ0v) is 18.0. The second-order valence-electron chi connectivity index (χ2n) is 11.5. The van der Waals surface area contributed by atoms with Gasteiger partial charge in [-0.3, -0.25) is 4.79 Å². The monoisotopic (exact) mass is 407 g/mol. The van der Waals surface area contributed by atoms with Gasteiger partial charge in [0.05, 0.1) is 5.41 Å². The van der Waals surface area contributed by atoms with Gasteiger partial charge in [-0.1, -0.05) is 12.8 Å². The quantitative estimate of drug-likeness (QED) is 0.669. The lowest BCUT2D eigenvalue weighted by Gasteiger charge is -2.57. The molecule has 0 atom stereocenters. The molecule has 8 rings (SSSR count). The van der Waals surface area contributed by atoms with Crippen LogP contribution in [-0.4, -0.2) is 30.6 Å². The summed E-state index contributed by atoms with van der Waals surface area (Å²) >= 11 is 0. The largest absolute Gasteiger partial charge is 0.486 e. The second kappa shape index (κ2) is 6.17. The maximum atomic E-state index is 14.2. The van der Waals surface area contributed by atoms with Gasteiger partial charge in [0.25, 0.3) is 0 Å². The molecule has 7 aliphatic rings. The predicted molar refractivity (Wildman–Crippen MR) is 114 cm³/mol. The molecule has 0 unspecified atom stereocenters. The maximum Gasteiger partial charge on any atom is 0.229 e. The molecule has 0 N–H and O–H groups in total. The van der Waals surface area contributed by atoms with Gasteiger partial charge < -0.3 is 14.4 Å². The predicted octanol–water partition coefficient (Wildman–Crippen LogP) is 4.83. The minimum atomic E-state index is -0.0418. The van der Waals surface area contributed by atoms with Crippen LogP contribution in [0.3, 0.4) is 0 Å². The summed E-state index contributed by atoms with van der Waals surface area (Å²) in [4.78, 5) is 16.4. The number of carbonyl (C=O) groups excluding carboxylic acids is 1. The van der Waals surface area contributed by atoms with Gasteiger partial charge in [-0.2, -0.15) is 0 Å². The van der Waals surface area contributed by atoms with Crippen molar-refractivity contribution in [3.8, 4) is 11.5 Å². The summed E-state index contributed by atoms with van der Waals surface area (Å²) in [6, 6.07) is 4.46. The number of fused-ring (bicyclic) bond motifs is 3. The first-order chi connectivity index (χ1) is 14.6. The van der Waals surface area contributed by atoms with Crippen LogP contribution in [-0.2, 0) is 16.8 Å². The van der Waals surface area contributed by atoms with E-state index in [4.69, 9.17) is 9.47 Å². The maximum absolute atomic E-state index is 14.2. The average Bonchev–Trinajstić information content (AvgIpc) is 3.20. The van der Waals surface area contributed by atoms with Gasteiger partial charge in [0.15, 0.2) is 11.5 Å². The number of rotatable bonds is 1. The van der Waals surface area contributed by atoms with Crippen LogP contribution in [0, 0.1) is 23.2 Å². The zero-order chi connectivity index (χ0) is 19.9. The molecule has 1 aromatic rings. The molecular weight excluding hydrogens is 374 g/mol. The molecule has 1 aromatic carbocycles. The highest BCUT2D eigenvalue weighted by atomic mass is 16.6. The van der Waals surface area contributed by atoms with Crippen LogP contribution in [0.4, 0.5) is 0 Å². The summed E-state index contributed by atoms with van der Waals surface area (Å²) < 4.78 is 11.8. The first-order valence-corrected chi connectivity index (χ1v) is 12.3. The number of benzene rings is 1. The minimum absolute atomic E-state index is 0.0418. The highest BCUT2D eigenvalue weighted by molar-refractivity contribution is 5.84. The van der Waals surface area contributed by atoms with E-state index in [0.717, 1.165) is 61.6 Å². The molecule has 2 aliphatic heterocycles. The Morgan fingerprint density at radius 1 is 0.900 bits per heavy atom. The van der Waals surface area contributed by atoms with Crippen molar-refractivity contribution in [1.29, 1.82) is 0 Å². The lowest BCUT2D eigenvalue weighted by atomic mass is 9.49. The molecule has 160 valence electrons. The number of amides is 1. The summed E-state index contributed by atoms with van der Waals surface area (Å²) in [5.74, 6) is 4.72. The lowest BCUT2D eigenvalue weighted by molar-refractivity contribution is -0.159. The first-order valence-electron chi connectivity index (χ1n) is 12.3. The topological polar surface area (TPSA) is 38.8 Å². The summed E-state index contributed by atoms with van der Waals surface area (Å²) in [5.41, 5.74) is 2.84. The Balaban J connectivity index is 1.26. The third-order valence-electron chi connectivity index (χ3n) is 9.53. The van der Waals surface area contributed by atoms with E-state index in [0.29, 0.717) is 19.1 Å². The van der Waals surface area contributed by atoms with Crippen LogP contribution in [0.2, 0.25) is 0 Å². The fourth-order valence-corrected chi connectivity index (χ4v) is 8.80. The fourth-order valence-electron chi connectivity index (χ4n) is 8.80. The van der Waals surface area contributed by atoms with Gasteiger partial charge >= 0.3 is 0 Å². The summed E-state index contributed by atoms with van der Waals surface area (Å²) in [6.07, 6.45) is 12.6. The molecule has 4 bridgehead atoms. The molecule has 4 nitrogen and oxygen atoms in total. The molecule has 0 saturated heterocycles. The van der Waals surface area contributed by atoms with Gasteiger partial charge in [-0.05, 0) is 92.4 Å². The van der Waals surface area contributed by atoms with E-state index in [9.17, 15) is 4.79 Å². The number of carbonyl (C=O) groups is 1. The molecule has 2 heterocycles. The Labute approximate surface area is 179 Å². The van der Waals surface area contributed by atoms with Crippen LogP contribution in [0.1, 0.15) is 75.3 Å². The average molecular weight is 408 g/mol. The van der Waals surface area contributed by atoms with Crippen molar-refractivity contribution in [1.82, 2.24) is 4.90 Å². The third-order valence-corrected chi connectivity index (χ3v) is 9.53. The normalized spacial score (nSPS) is 37.5. The van der Waals surface area contributed by atoms with Gasteiger partial charge in [-0.25, -0.2) is 0 Å². The van der Waals surface area contributed by atoms with E-state index in [2.05, 4.69) is 17.0 Å². The SMILES string of the molecule is O=C(N1Cc2cc3c(cc2C2(CCCC2)C1)OCCO3)C12CC3CC(CC(C3)C1)C2. The highest BCUT2D eigenvalue weighted by Gasteiger charge is 2.57. The molecule has 30 heavy (non-hydrogen) atoms. The van der Waals surface area contributed by atoms with Gasteiger partial charge in [0.2, 0.25) is 5.91 Å². The molecule has 5 fully saturated rings. The van der Waals surface area contributed by atoms with Crippen molar-refractivity contribution in [2.45, 2.75) is 76.2 Å². The van der Waals surface area contributed by atoms with Gasteiger partial charge in [0, 0.05) is 18.5 Å². The Morgan fingerprint density at radius 2 is 1.50 bits per heavy atom. The number of hydrogen-bond acceptors (Lipinski definition) is 3. The fraction of sp³-hybridized carbons (Fsp3) is 0.731. The van der Waals surface area contributed by atoms with Crippen molar-refractivity contribution in [3.05, 3.63) is 23.3 Å². The van der Waals surface area contributed by atoms with Crippen molar-refractivity contribution < 1.29 is 14.3 Å². The van der Waals surface area contributed by atoms with E-state index < -0.39 is 0 Å². The van der Waals surface area contributed by atoms with Crippen molar-refractivity contribution in [2.75, 3.05) is 19.8 Å². The summed E-state index contributed by atoms with van der Waals surface area (Å²) in [5, 5.41) is 0. The van der Waals surface area contributed by atoms with Crippen LogP contribution < -0.4 is 9.47 Å². The van der Waals surface area contributed by atoms with Crippen molar-refractivity contribution in [3.63, 3.8) is 0 Å². The standard InChI is InChI=1S/C26H33NO3/c28-24(26-12-17-7-18(13-26)9-19(8-17)14-26)27-15-20-10-22-23(30-6-5-29-22)11-21(20)25(16-27)3-1-2-4-25/h10-11,17-19H,1-9,12-16H2. The molecule has 1 amide bonds. The molecule has 1 spiro atoms. The van der Waals surface area contributed by atoms with Crippen LogP contribution in [0.5, 0.6) is 11.5 Å². The smallest absolute Gasteiger partial charge is 0.229 e. The van der Waals surface area contributed by atoms with E-state index in [1.165, 1.54) is 56.1 Å². The van der Waals surface area contributed by atoms with E-state index >= 15 is 0 Å². The number of ether oxygens (including phenoxy) is 2. The van der Waals surface area contributed by atoms with Crippen LogP contribution in [0.25, 0.3) is 0 Å². The van der Waals surface area contributed by atoms with Gasteiger partial charge in [0.1, 0.15) is 13.2 Å². The number of nitrogens with zero attached hydrogens (tertiary/aromatic N) is 1. The molecule has 0 radical (unpaired) electrons. The zero-order valence-electron chi connectivity index (χ0n) is 18.0. The number of hydrogen-bond donors (Lipinski definition) is 0. The Bertz CT molecular complexity index is 865. The third kappa shape index (κ3) is 2.48. The molecule has 5 aliphatic carbocycles. The second-order valence-corrected chi connectivity index (χ2v) is 11.5. The van der Waals surface area contributed by atoms with E-state index in [-0.39, 0.29) is 10.8 Å². The van der Waals surface area contributed by atoms with Crippen molar-refractivity contribution in [2.24, 2.45) is 23.2 Å². The Kier molecular flexibility index (Phi) is 3.69. The highest BCUT2D eigenvalue weighted by Crippen LogP contribution is 2.61. The molecule has 4 heteroatoms. The van der Waals surface area contributed by atoms with Crippen LogP contribution >= 0.6 is 0 Å². The van der Waals surface area contributed by atoms with Crippen molar-refractivity contribution >= 4 is 5.91 Å². The Hall–Kier alpha value is -1.71. The molecule has 0 aromatic heterocycles. The van der Waals surface area contributed by atoms with E-state index in [1.807, 2.05) is 0 Å². The molecule has 5 saturated carbocycles. The first kappa shape index (κ1) is 17.9. The summed E-state index contributed by atoms with van der Waals surface area (Å²) in [6.45, 7) is 2.93. The van der Waals surface area contributed by atoms with Crippen LogP contribution in [0.15, 0.2) is 12.1 Å². The Morgan fingerprint density at radius 3 is 2.13 bits per heavy atom. The molecular formula is C26H33NO3. The lowest BCUT2D eigenvalue weighted by Crippen LogP contribution is -2.57. The van der Waals surface area contributed by atoms with Gasteiger partial charge in [-0.15, -0.1) is 0 Å². The minimum Gasteiger partial charge on any atom is -0.486 e. The van der Waals surface area contributed by atoms with E-state index in [1.54, 1.807) is 0 Å².